The third kappa shape index (κ3) is 3.74. The lowest BCUT2D eigenvalue weighted by Gasteiger charge is -2.43. The second kappa shape index (κ2) is 8.67. The second-order valence-corrected chi connectivity index (χ2v) is 8.52. The monoisotopic (exact) mass is 441 g/mol. The number of methoxy groups -OCH3 is 1. The first-order valence-electron chi connectivity index (χ1n) is 11.2. The van der Waals surface area contributed by atoms with Crippen molar-refractivity contribution < 1.29 is 9.53 Å². The van der Waals surface area contributed by atoms with E-state index in [1.165, 1.54) is 17.5 Å². The molecule has 7 heteroatoms. The molecule has 0 unspecified atom stereocenters. The van der Waals surface area contributed by atoms with Crippen LogP contribution in [0.1, 0.15) is 40.7 Å². The normalized spacial score (nSPS) is 14.7. The molecule has 2 aromatic carbocycles. The fraction of sp³-hybridized carbons (Fsp3) is 0.269. The number of anilines is 1. The number of nitrogens with two attached hydrogens (primary N) is 1. The van der Waals surface area contributed by atoms with Crippen molar-refractivity contribution in [3.8, 4) is 11.1 Å². The van der Waals surface area contributed by atoms with Crippen LogP contribution < -0.4 is 11.1 Å². The summed E-state index contributed by atoms with van der Waals surface area (Å²) in [6, 6.07) is 14.6. The molecule has 4 N–H and O–H groups in total. The first kappa shape index (κ1) is 21.2. The van der Waals surface area contributed by atoms with Crippen molar-refractivity contribution in [3.63, 3.8) is 0 Å². The standard InChI is InChI=1S/C26H27N5O2/c1-33-13-12-28-24(32)21-5-2-4-20-22(16-29-23(20)21)26(10-3-11-26)19-8-6-17(7-9-19)18-14-30-25(27)31-15-18/h2,4-9,14-16,29H,3,10-13H2,1H3,(H,28,32)(H2,27,30,31). The number of hydrogen-bond acceptors (Lipinski definition) is 5. The van der Waals surface area contributed by atoms with Gasteiger partial charge in [-0.15, -0.1) is 0 Å². The van der Waals surface area contributed by atoms with E-state index >= 15 is 0 Å². The van der Waals surface area contributed by atoms with Crippen LogP contribution in [0.3, 0.4) is 0 Å². The van der Waals surface area contributed by atoms with Crippen LogP contribution in [0.25, 0.3) is 22.0 Å². The number of para-hydroxylation sites is 1. The lowest BCUT2D eigenvalue weighted by molar-refractivity contribution is 0.0938. The number of aromatic nitrogens is 3. The van der Waals surface area contributed by atoms with Gasteiger partial charge in [-0.1, -0.05) is 42.8 Å². The lowest BCUT2D eigenvalue weighted by Crippen LogP contribution is -2.35. The van der Waals surface area contributed by atoms with Crippen LogP contribution in [0, 0.1) is 0 Å². The topological polar surface area (TPSA) is 106 Å². The highest BCUT2D eigenvalue weighted by Crippen LogP contribution is 2.51. The Bertz CT molecular complexity index is 1270. The minimum absolute atomic E-state index is 0.0560. The number of rotatable bonds is 7. The SMILES string of the molecule is COCCNC(=O)c1cccc2c(C3(c4ccc(-c5cnc(N)nc5)cc4)CCC3)c[nH]c12. The zero-order valence-electron chi connectivity index (χ0n) is 18.6. The molecule has 1 saturated carbocycles. The number of carbonyl (C=O) groups excluding carboxylic acids is 1. The molecule has 0 spiro atoms. The molecule has 1 aliphatic carbocycles. The Balaban J connectivity index is 1.48. The van der Waals surface area contributed by atoms with Gasteiger partial charge in [0, 0.05) is 48.6 Å². The van der Waals surface area contributed by atoms with Gasteiger partial charge in [0.1, 0.15) is 0 Å². The van der Waals surface area contributed by atoms with Crippen molar-refractivity contribution >= 4 is 22.8 Å². The average Bonchev–Trinajstić information content (AvgIpc) is 3.24. The average molecular weight is 442 g/mol. The van der Waals surface area contributed by atoms with Gasteiger partial charge in [-0.2, -0.15) is 0 Å². The van der Waals surface area contributed by atoms with Gasteiger partial charge in [-0.25, -0.2) is 9.97 Å². The van der Waals surface area contributed by atoms with Gasteiger partial charge in [0.25, 0.3) is 5.91 Å². The maximum Gasteiger partial charge on any atom is 0.253 e. The molecule has 1 aliphatic rings. The molecule has 1 fully saturated rings. The summed E-state index contributed by atoms with van der Waals surface area (Å²) < 4.78 is 5.04. The molecule has 2 heterocycles. The number of ether oxygens (including phenoxy) is 1. The summed E-state index contributed by atoms with van der Waals surface area (Å²) in [7, 11) is 1.62. The van der Waals surface area contributed by atoms with Gasteiger partial charge in [0.05, 0.1) is 17.7 Å². The predicted molar refractivity (Wildman–Crippen MR) is 129 cm³/mol. The molecular formula is C26H27N5O2. The maximum atomic E-state index is 12.7. The number of nitrogen functional groups attached to an aromatic ring is 1. The minimum atomic E-state index is -0.0937. The molecule has 0 radical (unpaired) electrons. The van der Waals surface area contributed by atoms with E-state index in [2.05, 4.69) is 56.8 Å². The Kier molecular flexibility index (Phi) is 5.56. The van der Waals surface area contributed by atoms with Gasteiger partial charge >= 0.3 is 0 Å². The minimum Gasteiger partial charge on any atom is -0.383 e. The van der Waals surface area contributed by atoms with E-state index in [4.69, 9.17) is 10.5 Å². The van der Waals surface area contributed by atoms with Crippen molar-refractivity contribution in [2.75, 3.05) is 26.0 Å². The first-order valence-corrected chi connectivity index (χ1v) is 11.2. The largest absolute Gasteiger partial charge is 0.383 e. The smallest absolute Gasteiger partial charge is 0.253 e. The molecular weight excluding hydrogens is 414 g/mol. The first-order chi connectivity index (χ1) is 16.1. The Morgan fingerprint density at radius 1 is 1.12 bits per heavy atom. The molecule has 1 amide bonds. The molecule has 0 saturated heterocycles. The maximum absolute atomic E-state index is 12.7. The summed E-state index contributed by atoms with van der Waals surface area (Å²) in [6.45, 7) is 0.966. The van der Waals surface area contributed by atoms with Crippen LogP contribution in [0.4, 0.5) is 5.95 Å². The van der Waals surface area contributed by atoms with Crippen LogP contribution in [0.2, 0.25) is 0 Å². The molecule has 7 nitrogen and oxygen atoms in total. The van der Waals surface area contributed by atoms with Crippen molar-refractivity contribution in [2.45, 2.75) is 24.7 Å². The van der Waals surface area contributed by atoms with Crippen LogP contribution in [0.15, 0.2) is 61.1 Å². The van der Waals surface area contributed by atoms with E-state index in [1.807, 2.05) is 12.1 Å². The summed E-state index contributed by atoms with van der Waals surface area (Å²) in [4.78, 5) is 24.3. The van der Waals surface area contributed by atoms with E-state index in [9.17, 15) is 4.79 Å². The summed E-state index contributed by atoms with van der Waals surface area (Å²) in [5.41, 5.74) is 11.6. The van der Waals surface area contributed by atoms with Gasteiger partial charge in [0.2, 0.25) is 5.95 Å². The van der Waals surface area contributed by atoms with Gasteiger partial charge in [-0.3, -0.25) is 4.79 Å². The summed E-state index contributed by atoms with van der Waals surface area (Å²) in [6.07, 6.45) is 8.91. The molecule has 0 bridgehead atoms. The number of nitrogens with zero attached hydrogens (tertiary/aromatic N) is 2. The van der Waals surface area contributed by atoms with E-state index in [0.717, 1.165) is 34.9 Å². The van der Waals surface area contributed by atoms with E-state index < -0.39 is 0 Å². The van der Waals surface area contributed by atoms with E-state index in [-0.39, 0.29) is 17.3 Å². The highest BCUT2D eigenvalue weighted by Gasteiger charge is 2.42. The van der Waals surface area contributed by atoms with Crippen LogP contribution in [-0.2, 0) is 10.2 Å². The lowest BCUT2D eigenvalue weighted by atomic mass is 9.60. The molecule has 168 valence electrons. The molecule has 5 rings (SSSR count). The fourth-order valence-corrected chi connectivity index (χ4v) is 4.81. The molecule has 0 aliphatic heterocycles. The zero-order chi connectivity index (χ0) is 22.8. The Labute approximate surface area is 192 Å². The van der Waals surface area contributed by atoms with Crippen LogP contribution >= 0.6 is 0 Å². The summed E-state index contributed by atoms with van der Waals surface area (Å²) in [5.74, 6) is 0.179. The van der Waals surface area contributed by atoms with Crippen LogP contribution in [-0.4, -0.2) is 41.1 Å². The Morgan fingerprint density at radius 3 is 2.55 bits per heavy atom. The number of benzene rings is 2. The highest BCUT2D eigenvalue weighted by atomic mass is 16.5. The summed E-state index contributed by atoms with van der Waals surface area (Å²) in [5, 5.41) is 4.02. The number of amides is 1. The summed E-state index contributed by atoms with van der Waals surface area (Å²) >= 11 is 0. The van der Waals surface area contributed by atoms with Crippen molar-refractivity contribution in [2.24, 2.45) is 0 Å². The number of fused-ring (bicyclic) bond motifs is 1. The Hall–Kier alpha value is -3.71. The third-order valence-corrected chi connectivity index (χ3v) is 6.72. The van der Waals surface area contributed by atoms with Crippen molar-refractivity contribution in [1.82, 2.24) is 20.3 Å². The second-order valence-electron chi connectivity index (χ2n) is 8.52. The number of hydrogen-bond donors (Lipinski definition) is 3. The number of nitrogens with one attached hydrogen (secondary N) is 2. The Morgan fingerprint density at radius 2 is 1.88 bits per heavy atom. The number of aromatic amines is 1. The fourth-order valence-electron chi connectivity index (χ4n) is 4.81. The van der Waals surface area contributed by atoms with Crippen molar-refractivity contribution in [1.29, 1.82) is 0 Å². The van der Waals surface area contributed by atoms with Gasteiger partial charge in [0.15, 0.2) is 0 Å². The molecule has 33 heavy (non-hydrogen) atoms. The van der Waals surface area contributed by atoms with Gasteiger partial charge < -0.3 is 20.8 Å². The number of H-pyrrole nitrogens is 1. The molecule has 0 atom stereocenters. The zero-order valence-corrected chi connectivity index (χ0v) is 18.6. The number of carbonyl (C=O) groups is 1. The quantitative estimate of drug-likeness (QED) is 0.375. The molecule has 4 aromatic rings. The predicted octanol–water partition coefficient (Wildman–Crippen LogP) is 4.05. The third-order valence-electron chi connectivity index (χ3n) is 6.72. The van der Waals surface area contributed by atoms with Crippen LogP contribution in [0.5, 0.6) is 0 Å². The highest BCUT2D eigenvalue weighted by molar-refractivity contribution is 6.06. The van der Waals surface area contributed by atoms with E-state index in [1.54, 1.807) is 19.5 Å². The van der Waals surface area contributed by atoms with E-state index in [0.29, 0.717) is 18.7 Å². The van der Waals surface area contributed by atoms with Gasteiger partial charge in [-0.05, 0) is 35.6 Å². The molecule has 2 aromatic heterocycles. The van der Waals surface area contributed by atoms with Crippen molar-refractivity contribution in [3.05, 3.63) is 77.7 Å².